The molecule has 1 N–H and O–H groups in total. The van der Waals surface area contributed by atoms with Gasteiger partial charge in [-0.3, -0.25) is 4.79 Å². The standard InChI is InChI=1S/C22H35BrN4OS/c1-15(2)13-27-18(25-26-20(27)29-3)5-4-6-24-19(28)12-21-8-16-7-17(9-21)11-22(23,10-16)14-21/h15-17H,4-14H2,1-3H3,(H,24,28). The molecule has 4 bridgehead atoms. The van der Waals surface area contributed by atoms with E-state index in [1.54, 1.807) is 11.8 Å². The molecule has 4 fully saturated rings. The molecule has 4 saturated carbocycles. The van der Waals surface area contributed by atoms with Gasteiger partial charge in [-0.2, -0.15) is 0 Å². The van der Waals surface area contributed by atoms with Crippen LogP contribution in [0, 0.1) is 23.2 Å². The van der Waals surface area contributed by atoms with Crippen LogP contribution in [0.25, 0.3) is 0 Å². The molecule has 0 saturated heterocycles. The monoisotopic (exact) mass is 482 g/mol. The van der Waals surface area contributed by atoms with Crippen LogP contribution in [-0.2, 0) is 17.8 Å². The van der Waals surface area contributed by atoms with E-state index in [1.165, 1.54) is 38.5 Å². The third-order valence-electron chi connectivity index (χ3n) is 7.07. The van der Waals surface area contributed by atoms with E-state index in [9.17, 15) is 4.79 Å². The van der Waals surface area contributed by atoms with Gasteiger partial charge in [0, 0.05) is 30.3 Å². The molecule has 29 heavy (non-hydrogen) atoms. The molecule has 4 aliphatic carbocycles. The van der Waals surface area contributed by atoms with Crippen LogP contribution in [0.2, 0.25) is 0 Å². The van der Waals surface area contributed by atoms with Gasteiger partial charge in [0.1, 0.15) is 5.82 Å². The van der Waals surface area contributed by atoms with Crippen LogP contribution in [0.3, 0.4) is 0 Å². The number of thioether (sulfide) groups is 1. The van der Waals surface area contributed by atoms with Crippen molar-refractivity contribution in [2.75, 3.05) is 12.8 Å². The van der Waals surface area contributed by atoms with Crippen LogP contribution in [-0.4, -0.2) is 37.8 Å². The van der Waals surface area contributed by atoms with E-state index in [-0.39, 0.29) is 11.3 Å². The Bertz CT molecular complexity index is 735. The van der Waals surface area contributed by atoms with E-state index in [2.05, 4.69) is 49.9 Å². The Labute approximate surface area is 187 Å². The van der Waals surface area contributed by atoms with Gasteiger partial charge in [-0.15, -0.1) is 10.2 Å². The van der Waals surface area contributed by atoms with Gasteiger partial charge in [-0.05, 0) is 74.4 Å². The number of hydrogen-bond donors (Lipinski definition) is 1. The van der Waals surface area contributed by atoms with Crippen LogP contribution in [0.1, 0.15) is 71.0 Å². The van der Waals surface area contributed by atoms with Gasteiger partial charge >= 0.3 is 0 Å². The molecule has 0 radical (unpaired) electrons. The molecule has 7 heteroatoms. The highest BCUT2D eigenvalue weighted by Gasteiger charge is 2.57. The molecule has 2 unspecified atom stereocenters. The lowest BCUT2D eigenvalue weighted by Crippen LogP contribution is -2.54. The number of amides is 1. The number of rotatable bonds is 9. The average molecular weight is 484 g/mol. The van der Waals surface area contributed by atoms with Crippen LogP contribution < -0.4 is 5.32 Å². The van der Waals surface area contributed by atoms with Crippen molar-refractivity contribution < 1.29 is 4.79 Å². The van der Waals surface area contributed by atoms with Crippen molar-refractivity contribution in [3.63, 3.8) is 0 Å². The highest BCUT2D eigenvalue weighted by atomic mass is 79.9. The number of carbonyl (C=O) groups excluding carboxylic acids is 1. The molecule has 5 rings (SSSR count). The number of carbonyl (C=O) groups is 1. The average Bonchev–Trinajstić information content (AvgIpc) is 2.97. The quantitative estimate of drug-likeness (QED) is 0.311. The summed E-state index contributed by atoms with van der Waals surface area (Å²) in [7, 11) is 0. The van der Waals surface area contributed by atoms with E-state index in [4.69, 9.17) is 0 Å². The second-order valence-electron chi connectivity index (χ2n) is 10.3. The molecule has 0 spiro atoms. The van der Waals surface area contributed by atoms with Gasteiger partial charge < -0.3 is 9.88 Å². The number of aryl methyl sites for hydroxylation is 1. The maximum atomic E-state index is 12.7. The molecule has 0 aliphatic heterocycles. The minimum Gasteiger partial charge on any atom is -0.356 e. The van der Waals surface area contributed by atoms with E-state index >= 15 is 0 Å². The first-order valence-corrected chi connectivity index (χ1v) is 13.2. The Hall–Kier alpha value is -0.560. The maximum Gasteiger partial charge on any atom is 0.220 e. The molecule has 2 atom stereocenters. The van der Waals surface area contributed by atoms with E-state index in [0.717, 1.165) is 48.7 Å². The second kappa shape index (κ2) is 8.52. The van der Waals surface area contributed by atoms with Gasteiger partial charge in [0.25, 0.3) is 0 Å². The molecule has 1 aromatic heterocycles. The van der Waals surface area contributed by atoms with E-state index in [1.807, 2.05) is 6.26 Å². The predicted molar refractivity (Wildman–Crippen MR) is 121 cm³/mol. The number of nitrogens with one attached hydrogen (secondary N) is 1. The zero-order valence-electron chi connectivity index (χ0n) is 18.0. The normalized spacial score (nSPS) is 32.9. The van der Waals surface area contributed by atoms with Crippen LogP contribution in [0.4, 0.5) is 0 Å². The number of halogens is 1. The molecule has 162 valence electrons. The summed E-state index contributed by atoms with van der Waals surface area (Å²) >= 11 is 5.70. The molecular formula is C22H35BrN4OS. The van der Waals surface area contributed by atoms with Crippen molar-refractivity contribution >= 4 is 33.6 Å². The summed E-state index contributed by atoms with van der Waals surface area (Å²) in [5, 5.41) is 12.9. The summed E-state index contributed by atoms with van der Waals surface area (Å²) in [5.41, 5.74) is 0.252. The third kappa shape index (κ3) is 4.86. The Kier molecular flexibility index (Phi) is 6.37. The number of hydrogen-bond acceptors (Lipinski definition) is 4. The van der Waals surface area contributed by atoms with Crippen molar-refractivity contribution in [3.8, 4) is 0 Å². The largest absolute Gasteiger partial charge is 0.356 e. The van der Waals surface area contributed by atoms with Crippen molar-refractivity contribution in [2.24, 2.45) is 23.2 Å². The Morgan fingerprint density at radius 1 is 1.28 bits per heavy atom. The fourth-order valence-electron chi connectivity index (χ4n) is 6.62. The van der Waals surface area contributed by atoms with E-state index < -0.39 is 0 Å². The summed E-state index contributed by atoms with van der Waals surface area (Å²) in [6.07, 6.45) is 12.3. The summed E-state index contributed by atoms with van der Waals surface area (Å²) < 4.78 is 2.56. The Morgan fingerprint density at radius 2 is 2.00 bits per heavy atom. The third-order valence-corrected chi connectivity index (χ3v) is 8.66. The summed E-state index contributed by atoms with van der Waals surface area (Å²) in [6.45, 7) is 6.11. The van der Waals surface area contributed by atoms with Gasteiger partial charge in [0.2, 0.25) is 5.91 Å². The molecule has 5 nitrogen and oxygen atoms in total. The van der Waals surface area contributed by atoms with Crippen molar-refractivity contribution in [1.82, 2.24) is 20.1 Å². The second-order valence-corrected chi connectivity index (χ2v) is 12.8. The predicted octanol–water partition coefficient (Wildman–Crippen LogP) is 4.83. The first-order valence-electron chi connectivity index (χ1n) is 11.2. The highest BCUT2D eigenvalue weighted by Crippen LogP contribution is 2.65. The van der Waals surface area contributed by atoms with Crippen LogP contribution >= 0.6 is 27.7 Å². The SMILES string of the molecule is CSc1nnc(CCCNC(=O)CC23CC4CC(CC(Br)(C4)C2)C3)n1CC(C)C. The van der Waals surface area contributed by atoms with Crippen LogP contribution in [0.15, 0.2) is 5.16 Å². The molecular weight excluding hydrogens is 448 g/mol. The minimum absolute atomic E-state index is 0.247. The van der Waals surface area contributed by atoms with E-state index in [0.29, 0.717) is 16.7 Å². The number of alkyl halides is 1. The summed E-state index contributed by atoms with van der Waals surface area (Å²) in [4.78, 5) is 12.7. The Balaban J connectivity index is 1.26. The zero-order valence-corrected chi connectivity index (χ0v) is 20.4. The molecule has 1 heterocycles. The first kappa shape index (κ1) is 21.7. The highest BCUT2D eigenvalue weighted by molar-refractivity contribution is 9.10. The summed E-state index contributed by atoms with van der Waals surface area (Å²) in [5.74, 6) is 3.52. The fourth-order valence-corrected chi connectivity index (χ4v) is 8.66. The van der Waals surface area contributed by atoms with Gasteiger partial charge in [-0.25, -0.2) is 0 Å². The van der Waals surface area contributed by atoms with Crippen LogP contribution in [0.5, 0.6) is 0 Å². The lowest BCUT2D eigenvalue weighted by atomic mass is 9.48. The lowest BCUT2D eigenvalue weighted by molar-refractivity contribution is -0.128. The fraction of sp³-hybridized carbons (Fsp3) is 0.864. The van der Waals surface area contributed by atoms with Crippen molar-refractivity contribution in [3.05, 3.63) is 5.82 Å². The smallest absolute Gasteiger partial charge is 0.220 e. The van der Waals surface area contributed by atoms with Gasteiger partial charge in [-0.1, -0.05) is 41.5 Å². The minimum atomic E-state index is 0.247. The number of aromatic nitrogens is 3. The van der Waals surface area contributed by atoms with Crippen molar-refractivity contribution in [1.29, 1.82) is 0 Å². The summed E-state index contributed by atoms with van der Waals surface area (Å²) in [6, 6.07) is 0. The molecule has 1 amide bonds. The number of nitrogens with zero attached hydrogens (tertiary/aromatic N) is 3. The van der Waals surface area contributed by atoms with Gasteiger partial charge in [0.15, 0.2) is 5.16 Å². The molecule has 1 aromatic rings. The lowest BCUT2D eigenvalue weighted by Gasteiger charge is -2.60. The topological polar surface area (TPSA) is 59.8 Å². The molecule has 0 aromatic carbocycles. The maximum absolute atomic E-state index is 12.7. The Morgan fingerprint density at radius 3 is 2.62 bits per heavy atom. The van der Waals surface area contributed by atoms with Crippen molar-refractivity contribution in [2.45, 2.75) is 87.7 Å². The first-order chi connectivity index (χ1) is 13.8. The zero-order chi connectivity index (χ0) is 20.6. The molecule has 4 aliphatic rings. The van der Waals surface area contributed by atoms with Gasteiger partial charge in [0.05, 0.1) is 0 Å².